The molecule has 0 amide bonds. The van der Waals surface area contributed by atoms with Crippen LogP contribution in [0, 0.1) is 16.0 Å². The number of hydrogen-bond donors (Lipinski definition) is 0. The minimum absolute atomic E-state index is 0.0252. The molecule has 0 saturated heterocycles. The van der Waals surface area contributed by atoms with Crippen molar-refractivity contribution >= 4 is 27.4 Å². The van der Waals surface area contributed by atoms with Crippen LogP contribution in [0.4, 0.5) is 5.69 Å². The Morgan fingerprint density at radius 3 is 2.75 bits per heavy atom. The summed E-state index contributed by atoms with van der Waals surface area (Å²) in [5, 5.41) is 10.8. The zero-order valence-electron chi connectivity index (χ0n) is 8.48. The highest BCUT2D eigenvalue weighted by atomic mass is 79.9. The zero-order valence-corrected chi connectivity index (χ0v) is 10.1. The average molecular weight is 284 g/mol. The molecule has 4 nitrogen and oxygen atoms in total. The molecule has 1 aliphatic carbocycles. The molecule has 0 heterocycles. The molecule has 1 fully saturated rings. The van der Waals surface area contributed by atoms with Gasteiger partial charge < -0.3 is 0 Å². The molecule has 0 N–H and O–H groups in total. The van der Waals surface area contributed by atoms with Crippen molar-refractivity contribution < 1.29 is 9.72 Å². The molecule has 0 atom stereocenters. The number of hydrogen-bond acceptors (Lipinski definition) is 3. The summed E-state index contributed by atoms with van der Waals surface area (Å²) in [6, 6.07) is 4.70. The van der Waals surface area contributed by atoms with Crippen molar-refractivity contribution in [1.82, 2.24) is 0 Å². The Hall–Kier alpha value is -1.23. The minimum atomic E-state index is -0.443. The van der Waals surface area contributed by atoms with Crippen molar-refractivity contribution in [1.29, 1.82) is 0 Å². The number of halogens is 1. The Balaban J connectivity index is 2.26. The summed E-state index contributed by atoms with van der Waals surface area (Å²) < 4.78 is 0.761. The quantitative estimate of drug-likeness (QED) is 0.631. The third-order valence-electron chi connectivity index (χ3n) is 2.64. The minimum Gasteiger partial charge on any atom is -0.299 e. The number of ketones is 1. The fourth-order valence-electron chi connectivity index (χ4n) is 1.61. The number of nitro groups is 1. The van der Waals surface area contributed by atoms with E-state index in [0.717, 1.165) is 17.3 Å². The van der Waals surface area contributed by atoms with Crippen LogP contribution >= 0.6 is 15.9 Å². The van der Waals surface area contributed by atoms with Crippen molar-refractivity contribution in [3.8, 4) is 0 Å². The van der Waals surface area contributed by atoms with Gasteiger partial charge in [0.25, 0.3) is 5.69 Å². The highest BCUT2D eigenvalue weighted by molar-refractivity contribution is 9.10. The molecule has 2 rings (SSSR count). The summed E-state index contributed by atoms with van der Waals surface area (Å²) in [7, 11) is 0. The van der Waals surface area contributed by atoms with E-state index in [9.17, 15) is 14.9 Å². The van der Waals surface area contributed by atoms with Crippen LogP contribution in [0.15, 0.2) is 22.7 Å². The second-order valence-electron chi connectivity index (χ2n) is 3.95. The monoisotopic (exact) mass is 283 g/mol. The lowest BCUT2D eigenvalue weighted by molar-refractivity contribution is -0.385. The summed E-state index contributed by atoms with van der Waals surface area (Å²) in [5.41, 5.74) is 0.522. The van der Waals surface area contributed by atoms with Crippen LogP contribution in [0.25, 0.3) is 0 Å². The normalized spacial score (nSPS) is 14.8. The van der Waals surface area contributed by atoms with E-state index in [1.165, 1.54) is 6.07 Å². The van der Waals surface area contributed by atoms with E-state index in [0.29, 0.717) is 5.56 Å². The maximum absolute atomic E-state index is 11.6. The number of Topliss-reactive ketones (excluding diaryl/α,β-unsaturated/α-hetero) is 1. The number of nitrogens with zero attached hydrogens (tertiary/aromatic N) is 1. The summed E-state index contributed by atoms with van der Waals surface area (Å²) in [6.45, 7) is 0. The summed E-state index contributed by atoms with van der Waals surface area (Å²) in [4.78, 5) is 22.0. The molecular weight excluding hydrogens is 274 g/mol. The summed E-state index contributed by atoms with van der Waals surface area (Å²) in [5.74, 6) is 0.250. The zero-order chi connectivity index (χ0) is 11.7. The molecule has 0 aromatic heterocycles. The van der Waals surface area contributed by atoms with Gasteiger partial charge in [0.05, 0.1) is 4.92 Å². The van der Waals surface area contributed by atoms with Crippen molar-refractivity contribution in [2.45, 2.75) is 19.3 Å². The van der Waals surface area contributed by atoms with Crippen LogP contribution < -0.4 is 0 Å². The number of carbonyl (C=O) groups excluding carboxylic acids is 1. The number of benzene rings is 1. The molecule has 0 bridgehead atoms. The predicted molar refractivity (Wildman–Crippen MR) is 62.2 cm³/mol. The van der Waals surface area contributed by atoms with Crippen LogP contribution in [0.3, 0.4) is 0 Å². The van der Waals surface area contributed by atoms with Gasteiger partial charge in [-0.15, -0.1) is 0 Å². The van der Waals surface area contributed by atoms with Gasteiger partial charge >= 0.3 is 0 Å². The SMILES string of the molecule is O=C(Cc1cc(Br)ccc1[N+](=O)[O-])C1CC1. The van der Waals surface area contributed by atoms with Crippen molar-refractivity contribution in [3.05, 3.63) is 38.3 Å². The van der Waals surface area contributed by atoms with E-state index >= 15 is 0 Å². The number of carbonyl (C=O) groups is 1. The van der Waals surface area contributed by atoms with Gasteiger partial charge in [-0.05, 0) is 25.0 Å². The largest absolute Gasteiger partial charge is 0.299 e. The van der Waals surface area contributed by atoms with Gasteiger partial charge in [-0.2, -0.15) is 0 Å². The van der Waals surface area contributed by atoms with Gasteiger partial charge in [0.2, 0.25) is 0 Å². The molecule has 84 valence electrons. The fourth-order valence-corrected chi connectivity index (χ4v) is 2.02. The van der Waals surface area contributed by atoms with Gasteiger partial charge in [0.15, 0.2) is 0 Å². The van der Waals surface area contributed by atoms with Gasteiger partial charge in [-0.1, -0.05) is 15.9 Å². The molecule has 1 aromatic rings. The average Bonchev–Trinajstić information content (AvgIpc) is 2.99. The molecule has 0 aliphatic heterocycles. The van der Waals surface area contributed by atoms with Gasteiger partial charge in [0.1, 0.15) is 5.78 Å². The smallest absolute Gasteiger partial charge is 0.273 e. The first-order chi connectivity index (χ1) is 7.58. The van der Waals surface area contributed by atoms with E-state index in [-0.39, 0.29) is 23.8 Å². The first-order valence-corrected chi connectivity index (χ1v) is 5.83. The van der Waals surface area contributed by atoms with E-state index in [2.05, 4.69) is 15.9 Å². The second-order valence-corrected chi connectivity index (χ2v) is 4.86. The topological polar surface area (TPSA) is 60.2 Å². The molecule has 0 unspecified atom stereocenters. The third-order valence-corrected chi connectivity index (χ3v) is 3.13. The second kappa shape index (κ2) is 4.33. The van der Waals surface area contributed by atoms with Crippen LogP contribution in [0.1, 0.15) is 18.4 Å². The number of rotatable bonds is 4. The van der Waals surface area contributed by atoms with E-state index < -0.39 is 4.92 Å². The Kier molecular flexibility index (Phi) is 3.05. The molecule has 1 saturated carbocycles. The van der Waals surface area contributed by atoms with Crippen molar-refractivity contribution in [2.75, 3.05) is 0 Å². The van der Waals surface area contributed by atoms with Gasteiger partial charge in [-0.3, -0.25) is 14.9 Å². The fraction of sp³-hybridized carbons (Fsp3) is 0.364. The van der Waals surface area contributed by atoms with Gasteiger partial charge in [-0.25, -0.2) is 0 Å². The van der Waals surface area contributed by atoms with Crippen molar-refractivity contribution in [2.24, 2.45) is 5.92 Å². The standard InChI is InChI=1S/C11H10BrNO3/c12-9-3-4-10(13(15)16)8(5-9)6-11(14)7-1-2-7/h3-5,7H,1-2,6H2. The van der Waals surface area contributed by atoms with Crippen LogP contribution in [0.5, 0.6) is 0 Å². The lowest BCUT2D eigenvalue weighted by Gasteiger charge is -2.02. The highest BCUT2D eigenvalue weighted by Gasteiger charge is 2.30. The maximum Gasteiger partial charge on any atom is 0.273 e. The van der Waals surface area contributed by atoms with Crippen molar-refractivity contribution in [3.63, 3.8) is 0 Å². The third kappa shape index (κ3) is 2.47. The van der Waals surface area contributed by atoms with E-state index in [4.69, 9.17) is 0 Å². The highest BCUT2D eigenvalue weighted by Crippen LogP contribution is 2.32. The van der Waals surface area contributed by atoms with E-state index in [1.807, 2.05) is 0 Å². The molecular formula is C11H10BrNO3. The molecule has 16 heavy (non-hydrogen) atoms. The van der Waals surface area contributed by atoms with Crippen LogP contribution in [0.2, 0.25) is 0 Å². The number of nitro benzene ring substituents is 1. The molecule has 1 aromatic carbocycles. The maximum atomic E-state index is 11.6. The van der Waals surface area contributed by atoms with Gasteiger partial charge in [0, 0.05) is 28.4 Å². The molecule has 0 radical (unpaired) electrons. The Bertz CT molecular complexity index is 455. The van der Waals surface area contributed by atoms with E-state index in [1.54, 1.807) is 12.1 Å². The lowest BCUT2D eigenvalue weighted by atomic mass is 10.0. The Morgan fingerprint density at radius 1 is 1.50 bits per heavy atom. The lowest BCUT2D eigenvalue weighted by Crippen LogP contribution is -2.07. The molecule has 0 spiro atoms. The Labute approximate surface area is 101 Å². The first kappa shape index (κ1) is 11.3. The van der Waals surface area contributed by atoms with Crippen LogP contribution in [-0.2, 0) is 11.2 Å². The first-order valence-electron chi connectivity index (χ1n) is 5.03. The Morgan fingerprint density at radius 2 is 2.19 bits per heavy atom. The summed E-state index contributed by atoms with van der Waals surface area (Å²) in [6.07, 6.45) is 2.03. The van der Waals surface area contributed by atoms with Crippen LogP contribution in [-0.4, -0.2) is 10.7 Å². The predicted octanol–water partition coefficient (Wildman–Crippen LogP) is 2.88. The molecule has 5 heteroatoms. The summed E-state index contributed by atoms with van der Waals surface area (Å²) >= 11 is 3.25. The molecule has 1 aliphatic rings.